The molecule has 0 atom stereocenters. The molecular weight excluding hydrogens is 425 g/mol. The molecule has 3 rings (SSSR count). The lowest BCUT2D eigenvalue weighted by atomic mass is 10.0. The first kappa shape index (κ1) is 20.0. The van der Waals surface area contributed by atoms with Gasteiger partial charge in [0.25, 0.3) is 0 Å². The molecule has 1 aliphatic rings. The predicted octanol–water partition coefficient (Wildman–Crippen LogP) is 4.03. The fourth-order valence-electron chi connectivity index (χ4n) is 3.42. The Morgan fingerprint density at radius 1 is 1.16 bits per heavy atom. The van der Waals surface area contributed by atoms with Gasteiger partial charge < -0.3 is 15.0 Å². The Morgan fingerprint density at radius 2 is 1.88 bits per heavy atom. The van der Waals surface area contributed by atoms with E-state index in [1.54, 1.807) is 0 Å². The fourth-order valence-corrected chi connectivity index (χ4v) is 3.42. The normalized spacial score (nSPS) is 15.9. The van der Waals surface area contributed by atoms with E-state index in [1.807, 2.05) is 7.05 Å². The number of halogens is 1. The highest BCUT2D eigenvalue weighted by molar-refractivity contribution is 14.0. The van der Waals surface area contributed by atoms with E-state index in [0.717, 1.165) is 45.0 Å². The zero-order valence-corrected chi connectivity index (χ0v) is 17.4. The van der Waals surface area contributed by atoms with Crippen molar-refractivity contribution in [3.8, 4) is 0 Å². The van der Waals surface area contributed by atoms with Gasteiger partial charge >= 0.3 is 0 Å². The Bertz CT molecular complexity index is 691. The van der Waals surface area contributed by atoms with Crippen LogP contribution in [0.5, 0.6) is 0 Å². The summed E-state index contributed by atoms with van der Waals surface area (Å²) < 4.78 is 5.74. The molecule has 0 radical (unpaired) electrons. The maximum absolute atomic E-state index is 5.74. The van der Waals surface area contributed by atoms with Gasteiger partial charge in [-0.2, -0.15) is 0 Å². The topological polar surface area (TPSA) is 36.9 Å². The zero-order chi connectivity index (χ0) is 16.8. The highest BCUT2D eigenvalue weighted by Crippen LogP contribution is 2.19. The monoisotopic (exact) mass is 453 g/mol. The van der Waals surface area contributed by atoms with E-state index >= 15 is 0 Å². The number of nitrogens with zero attached hydrogens (tertiary/aromatic N) is 2. The molecule has 0 bridgehead atoms. The molecule has 5 heteroatoms. The number of fused-ring (bicyclic) bond motifs is 1. The second kappa shape index (κ2) is 9.97. The van der Waals surface area contributed by atoms with Crippen molar-refractivity contribution in [3.63, 3.8) is 0 Å². The SMILES string of the molecule is CCOC1CCN(C(=NC)NCc2cccc3ccccc23)CC1.I. The zero-order valence-electron chi connectivity index (χ0n) is 15.1. The first-order valence-corrected chi connectivity index (χ1v) is 8.85. The number of rotatable bonds is 4. The lowest BCUT2D eigenvalue weighted by Gasteiger charge is -2.34. The van der Waals surface area contributed by atoms with Gasteiger partial charge in [0.05, 0.1) is 6.10 Å². The van der Waals surface area contributed by atoms with Gasteiger partial charge in [0.15, 0.2) is 5.96 Å². The Kier molecular flexibility index (Phi) is 7.96. The summed E-state index contributed by atoms with van der Waals surface area (Å²) in [5, 5.41) is 6.11. The summed E-state index contributed by atoms with van der Waals surface area (Å²) in [5.41, 5.74) is 1.30. The molecule has 25 heavy (non-hydrogen) atoms. The van der Waals surface area contributed by atoms with Crippen molar-refractivity contribution in [2.45, 2.75) is 32.4 Å². The molecule has 0 spiro atoms. The third-order valence-electron chi connectivity index (χ3n) is 4.67. The maximum Gasteiger partial charge on any atom is 0.193 e. The number of nitrogens with one attached hydrogen (secondary N) is 1. The Labute approximate surface area is 167 Å². The molecule has 1 fully saturated rings. The van der Waals surface area contributed by atoms with Crippen molar-refractivity contribution in [1.29, 1.82) is 0 Å². The Balaban J connectivity index is 0.00000225. The van der Waals surface area contributed by atoms with E-state index in [0.29, 0.717) is 6.10 Å². The molecule has 1 N–H and O–H groups in total. The molecule has 2 aromatic carbocycles. The third-order valence-corrected chi connectivity index (χ3v) is 4.67. The van der Waals surface area contributed by atoms with Crippen LogP contribution in [0.1, 0.15) is 25.3 Å². The highest BCUT2D eigenvalue weighted by atomic mass is 127. The molecule has 0 saturated carbocycles. The van der Waals surface area contributed by atoms with Gasteiger partial charge in [0.2, 0.25) is 0 Å². The van der Waals surface area contributed by atoms with Gasteiger partial charge in [0, 0.05) is 33.3 Å². The minimum Gasteiger partial charge on any atom is -0.378 e. The molecule has 136 valence electrons. The van der Waals surface area contributed by atoms with Crippen LogP contribution in [0.15, 0.2) is 47.5 Å². The number of piperidine rings is 1. The minimum atomic E-state index is 0. The first-order chi connectivity index (χ1) is 11.8. The average Bonchev–Trinajstić information content (AvgIpc) is 2.64. The molecule has 2 aromatic rings. The van der Waals surface area contributed by atoms with Crippen LogP contribution in [0, 0.1) is 0 Å². The molecule has 1 aliphatic heterocycles. The molecule has 4 nitrogen and oxygen atoms in total. The fraction of sp³-hybridized carbons (Fsp3) is 0.450. The lowest BCUT2D eigenvalue weighted by Crippen LogP contribution is -2.46. The van der Waals surface area contributed by atoms with E-state index in [-0.39, 0.29) is 24.0 Å². The second-order valence-electron chi connectivity index (χ2n) is 6.18. The lowest BCUT2D eigenvalue weighted by molar-refractivity contribution is 0.0263. The quantitative estimate of drug-likeness (QED) is 0.432. The van der Waals surface area contributed by atoms with Gasteiger partial charge in [-0.15, -0.1) is 24.0 Å². The molecule has 0 aromatic heterocycles. The summed E-state index contributed by atoms with van der Waals surface area (Å²) in [6.45, 7) is 5.66. The number of guanidine groups is 1. The van der Waals surface area contributed by atoms with Gasteiger partial charge in [0.1, 0.15) is 0 Å². The number of ether oxygens (including phenoxy) is 1. The molecule has 1 heterocycles. The second-order valence-corrected chi connectivity index (χ2v) is 6.18. The van der Waals surface area contributed by atoms with Crippen LogP contribution >= 0.6 is 24.0 Å². The maximum atomic E-state index is 5.74. The average molecular weight is 453 g/mol. The summed E-state index contributed by atoms with van der Waals surface area (Å²) in [5.74, 6) is 0.984. The van der Waals surface area contributed by atoms with Gasteiger partial charge in [-0.3, -0.25) is 4.99 Å². The number of likely N-dealkylation sites (tertiary alicyclic amines) is 1. The molecule has 0 unspecified atom stereocenters. The number of benzene rings is 2. The van der Waals surface area contributed by atoms with Crippen molar-refractivity contribution in [3.05, 3.63) is 48.0 Å². The standard InChI is InChI=1S/C20H27N3O.HI/c1-3-24-18-11-13-23(14-12-18)20(21-2)22-15-17-9-6-8-16-7-4-5-10-19(16)17;/h4-10,18H,3,11-15H2,1-2H3,(H,21,22);1H. The summed E-state index contributed by atoms with van der Waals surface area (Å²) in [4.78, 5) is 6.80. The summed E-state index contributed by atoms with van der Waals surface area (Å²) in [6, 6.07) is 15.0. The van der Waals surface area contributed by atoms with E-state index < -0.39 is 0 Å². The van der Waals surface area contributed by atoms with Crippen LogP contribution < -0.4 is 5.32 Å². The largest absolute Gasteiger partial charge is 0.378 e. The van der Waals surface area contributed by atoms with Crippen LogP contribution in [0.2, 0.25) is 0 Å². The number of aliphatic imine (C=N–C) groups is 1. The van der Waals surface area contributed by atoms with Crippen molar-refractivity contribution >= 4 is 40.7 Å². The van der Waals surface area contributed by atoms with Crippen molar-refractivity contribution < 1.29 is 4.74 Å². The van der Waals surface area contributed by atoms with E-state index in [9.17, 15) is 0 Å². The first-order valence-electron chi connectivity index (χ1n) is 8.85. The van der Waals surface area contributed by atoms with Crippen LogP contribution in [-0.2, 0) is 11.3 Å². The van der Waals surface area contributed by atoms with E-state index in [1.165, 1.54) is 16.3 Å². The molecular formula is C20H28IN3O. The van der Waals surface area contributed by atoms with Gasteiger partial charge in [-0.05, 0) is 36.1 Å². The predicted molar refractivity (Wildman–Crippen MR) is 116 cm³/mol. The van der Waals surface area contributed by atoms with Crippen molar-refractivity contribution in [2.75, 3.05) is 26.7 Å². The summed E-state index contributed by atoms with van der Waals surface area (Å²) in [6.07, 6.45) is 2.55. The number of hydrogen-bond acceptors (Lipinski definition) is 2. The van der Waals surface area contributed by atoms with Crippen molar-refractivity contribution in [2.24, 2.45) is 4.99 Å². The third kappa shape index (κ3) is 5.07. The van der Waals surface area contributed by atoms with Crippen LogP contribution in [0.4, 0.5) is 0 Å². The molecule has 1 saturated heterocycles. The Hall–Kier alpha value is -1.34. The van der Waals surface area contributed by atoms with E-state index in [4.69, 9.17) is 4.74 Å². The van der Waals surface area contributed by atoms with E-state index in [2.05, 4.69) is 64.6 Å². The molecule has 0 aliphatic carbocycles. The highest BCUT2D eigenvalue weighted by Gasteiger charge is 2.21. The van der Waals surface area contributed by atoms with Crippen molar-refractivity contribution in [1.82, 2.24) is 10.2 Å². The Morgan fingerprint density at radius 3 is 2.60 bits per heavy atom. The summed E-state index contributed by atoms with van der Waals surface area (Å²) >= 11 is 0. The summed E-state index contributed by atoms with van der Waals surface area (Å²) in [7, 11) is 1.86. The van der Waals surface area contributed by atoms with Crippen LogP contribution in [0.25, 0.3) is 10.8 Å². The smallest absolute Gasteiger partial charge is 0.193 e. The van der Waals surface area contributed by atoms with Gasteiger partial charge in [-0.25, -0.2) is 0 Å². The van der Waals surface area contributed by atoms with Crippen LogP contribution in [0.3, 0.4) is 0 Å². The minimum absolute atomic E-state index is 0. The number of hydrogen-bond donors (Lipinski definition) is 1. The van der Waals surface area contributed by atoms with Gasteiger partial charge in [-0.1, -0.05) is 42.5 Å². The molecule has 0 amide bonds. The van der Waals surface area contributed by atoms with Crippen LogP contribution in [-0.4, -0.2) is 43.7 Å².